The van der Waals surface area contributed by atoms with E-state index >= 15 is 0 Å². The molecule has 1 aromatic carbocycles. The molecule has 0 aromatic heterocycles. The molecule has 1 fully saturated rings. The second kappa shape index (κ2) is 2.89. The van der Waals surface area contributed by atoms with E-state index in [1.807, 2.05) is 12.1 Å². The van der Waals surface area contributed by atoms with E-state index in [9.17, 15) is 0 Å². The average molecular weight is 204 g/mol. The number of methoxy groups -OCH3 is 1. The molecule has 1 aromatic rings. The molecule has 80 valence electrons. The summed E-state index contributed by atoms with van der Waals surface area (Å²) in [4.78, 5) is 0. The zero-order valence-electron chi connectivity index (χ0n) is 8.92. The highest BCUT2D eigenvalue weighted by Gasteiger charge is 2.51. The van der Waals surface area contributed by atoms with Gasteiger partial charge in [-0.2, -0.15) is 0 Å². The maximum absolute atomic E-state index is 6.31. The second-order valence-electron chi connectivity index (χ2n) is 4.62. The van der Waals surface area contributed by atoms with Crippen LogP contribution in [0.25, 0.3) is 0 Å². The Balaban J connectivity index is 2.08. The van der Waals surface area contributed by atoms with Gasteiger partial charge in [-0.1, -0.05) is 12.1 Å². The van der Waals surface area contributed by atoms with Gasteiger partial charge in [0.25, 0.3) is 0 Å². The summed E-state index contributed by atoms with van der Waals surface area (Å²) in [5.74, 6) is 0.901. The minimum absolute atomic E-state index is 0.170. The van der Waals surface area contributed by atoms with Crippen LogP contribution >= 0.6 is 0 Å². The highest BCUT2D eigenvalue weighted by molar-refractivity contribution is 5.65. The largest absolute Gasteiger partial charge is 0.495 e. The Bertz CT molecular complexity index is 399. The van der Waals surface area contributed by atoms with Gasteiger partial charge in [0.05, 0.1) is 12.8 Å². The van der Waals surface area contributed by atoms with Crippen molar-refractivity contribution in [3.63, 3.8) is 0 Å². The maximum Gasteiger partial charge on any atom is 0.142 e. The molecule has 1 aliphatic heterocycles. The van der Waals surface area contributed by atoms with Gasteiger partial charge in [0.15, 0.2) is 0 Å². The lowest BCUT2D eigenvalue weighted by Gasteiger charge is -2.33. The lowest BCUT2D eigenvalue weighted by atomic mass is 9.86. The topological polar surface area (TPSA) is 47.3 Å². The number of nitrogens with two attached hydrogens (primary N) is 1. The zero-order valence-corrected chi connectivity index (χ0v) is 8.92. The monoisotopic (exact) mass is 204 g/mol. The first-order valence-corrected chi connectivity index (χ1v) is 5.43. The molecule has 1 heterocycles. The van der Waals surface area contributed by atoms with E-state index in [2.05, 4.69) is 11.4 Å². The lowest BCUT2D eigenvalue weighted by Crippen LogP contribution is -2.34. The third-order valence-electron chi connectivity index (χ3n) is 3.78. The fourth-order valence-electron chi connectivity index (χ4n) is 2.52. The number of anilines is 1. The molecule has 15 heavy (non-hydrogen) atoms. The number of nitrogens with one attached hydrogen (secondary N) is 1. The number of benzene rings is 1. The molecule has 1 saturated carbocycles. The Hall–Kier alpha value is -1.22. The van der Waals surface area contributed by atoms with Crippen LogP contribution in [0, 0.1) is 5.41 Å². The third-order valence-corrected chi connectivity index (χ3v) is 3.78. The van der Waals surface area contributed by atoms with Crippen molar-refractivity contribution in [3.8, 4) is 5.75 Å². The van der Waals surface area contributed by atoms with E-state index in [1.165, 1.54) is 18.4 Å². The maximum atomic E-state index is 6.31. The summed E-state index contributed by atoms with van der Waals surface area (Å²) in [6.45, 7) is 0.988. The standard InChI is InChI=1S/C12H16N2O/c1-15-9-4-2-3-8-10(9)14-7-12(5-6-12)11(8)13/h2-4,11,14H,5-7,13H2,1H3. The minimum Gasteiger partial charge on any atom is -0.495 e. The van der Waals surface area contributed by atoms with Crippen molar-refractivity contribution in [2.45, 2.75) is 18.9 Å². The second-order valence-corrected chi connectivity index (χ2v) is 4.62. The number of rotatable bonds is 1. The molecule has 1 spiro atoms. The number of fused-ring (bicyclic) bond motifs is 1. The van der Waals surface area contributed by atoms with Gasteiger partial charge in [-0.05, 0) is 24.5 Å². The Labute approximate surface area is 89.6 Å². The first-order chi connectivity index (χ1) is 7.27. The molecule has 3 heteroatoms. The Kier molecular flexibility index (Phi) is 1.74. The van der Waals surface area contributed by atoms with Crippen LogP contribution in [0.2, 0.25) is 0 Å². The van der Waals surface area contributed by atoms with E-state index < -0.39 is 0 Å². The van der Waals surface area contributed by atoms with Crippen LogP contribution in [-0.2, 0) is 0 Å². The summed E-state index contributed by atoms with van der Waals surface area (Å²) in [5, 5.41) is 3.46. The highest BCUT2D eigenvalue weighted by atomic mass is 16.5. The Morgan fingerprint density at radius 2 is 2.27 bits per heavy atom. The molecule has 0 radical (unpaired) electrons. The van der Waals surface area contributed by atoms with Crippen molar-refractivity contribution in [1.29, 1.82) is 0 Å². The van der Waals surface area contributed by atoms with E-state index in [1.54, 1.807) is 7.11 Å². The number of para-hydroxylation sites is 1. The number of hydrogen-bond donors (Lipinski definition) is 2. The predicted octanol–water partition coefficient (Wildman–Crippen LogP) is 1.90. The summed E-state index contributed by atoms with van der Waals surface area (Å²) < 4.78 is 5.33. The van der Waals surface area contributed by atoms with Gasteiger partial charge in [0, 0.05) is 18.0 Å². The van der Waals surface area contributed by atoms with E-state index in [-0.39, 0.29) is 6.04 Å². The molecular formula is C12H16N2O. The van der Waals surface area contributed by atoms with Crippen LogP contribution in [0.1, 0.15) is 24.4 Å². The Morgan fingerprint density at radius 1 is 1.47 bits per heavy atom. The van der Waals surface area contributed by atoms with Crippen molar-refractivity contribution in [2.24, 2.45) is 11.1 Å². The van der Waals surface area contributed by atoms with Crippen LogP contribution < -0.4 is 15.8 Å². The molecule has 3 rings (SSSR count). The van der Waals surface area contributed by atoms with Gasteiger partial charge in [-0.25, -0.2) is 0 Å². The first kappa shape index (κ1) is 9.04. The van der Waals surface area contributed by atoms with Crippen molar-refractivity contribution in [3.05, 3.63) is 23.8 Å². The molecular weight excluding hydrogens is 188 g/mol. The SMILES string of the molecule is COc1cccc2c1NCC1(CC1)C2N. The van der Waals surface area contributed by atoms with Crippen molar-refractivity contribution < 1.29 is 4.74 Å². The van der Waals surface area contributed by atoms with Gasteiger partial charge in [0.1, 0.15) is 5.75 Å². The van der Waals surface area contributed by atoms with Crippen LogP contribution in [-0.4, -0.2) is 13.7 Å². The predicted molar refractivity (Wildman–Crippen MR) is 60.1 cm³/mol. The molecule has 0 amide bonds. The van der Waals surface area contributed by atoms with Crippen molar-refractivity contribution in [1.82, 2.24) is 0 Å². The molecule has 2 aliphatic rings. The van der Waals surface area contributed by atoms with Crippen molar-refractivity contribution in [2.75, 3.05) is 19.0 Å². The fraction of sp³-hybridized carbons (Fsp3) is 0.500. The highest BCUT2D eigenvalue weighted by Crippen LogP contribution is 2.58. The lowest BCUT2D eigenvalue weighted by molar-refractivity contribution is 0.395. The van der Waals surface area contributed by atoms with Gasteiger partial charge < -0.3 is 15.8 Å². The molecule has 0 bridgehead atoms. The molecule has 1 aliphatic carbocycles. The van der Waals surface area contributed by atoms with Crippen LogP contribution in [0.4, 0.5) is 5.69 Å². The van der Waals surface area contributed by atoms with E-state index in [0.29, 0.717) is 5.41 Å². The summed E-state index contributed by atoms with van der Waals surface area (Å²) in [7, 11) is 1.70. The van der Waals surface area contributed by atoms with Gasteiger partial charge in [0.2, 0.25) is 0 Å². The third kappa shape index (κ3) is 1.16. The van der Waals surface area contributed by atoms with Gasteiger partial charge >= 0.3 is 0 Å². The number of ether oxygens (including phenoxy) is 1. The number of hydrogen-bond acceptors (Lipinski definition) is 3. The van der Waals surface area contributed by atoms with Crippen LogP contribution in [0.15, 0.2) is 18.2 Å². The zero-order chi connectivity index (χ0) is 10.5. The summed E-state index contributed by atoms with van der Waals surface area (Å²) in [6.07, 6.45) is 2.50. The Morgan fingerprint density at radius 3 is 2.93 bits per heavy atom. The van der Waals surface area contributed by atoms with E-state index in [4.69, 9.17) is 10.5 Å². The average Bonchev–Trinajstić information content (AvgIpc) is 3.04. The summed E-state index contributed by atoms with van der Waals surface area (Å²) in [6, 6.07) is 6.27. The molecule has 1 unspecified atom stereocenters. The molecule has 1 atom stereocenters. The van der Waals surface area contributed by atoms with Gasteiger partial charge in [-0.3, -0.25) is 0 Å². The fourth-order valence-corrected chi connectivity index (χ4v) is 2.52. The normalized spacial score (nSPS) is 25.6. The molecule has 3 nitrogen and oxygen atoms in total. The minimum atomic E-state index is 0.170. The first-order valence-electron chi connectivity index (χ1n) is 5.43. The summed E-state index contributed by atoms with van der Waals surface area (Å²) in [5.41, 5.74) is 8.94. The van der Waals surface area contributed by atoms with Crippen molar-refractivity contribution >= 4 is 5.69 Å². The van der Waals surface area contributed by atoms with Gasteiger partial charge in [-0.15, -0.1) is 0 Å². The van der Waals surface area contributed by atoms with Crippen LogP contribution in [0.3, 0.4) is 0 Å². The quantitative estimate of drug-likeness (QED) is 0.734. The molecule has 0 saturated heterocycles. The smallest absolute Gasteiger partial charge is 0.142 e. The van der Waals surface area contributed by atoms with Crippen LogP contribution in [0.5, 0.6) is 5.75 Å². The molecule has 3 N–H and O–H groups in total. The summed E-state index contributed by atoms with van der Waals surface area (Å²) >= 11 is 0. The van der Waals surface area contributed by atoms with E-state index in [0.717, 1.165) is 18.0 Å².